The number of esters is 1. The molecule has 0 spiro atoms. The zero-order chi connectivity index (χ0) is 15.1. The van der Waals surface area contributed by atoms with Gasteiger partial charge in [0.1, 0.15) is 6.10 Å². The van der Waals surface area contributed by atoms with Crippen molar-refractivity contribution in [1.29, 1.82) is 0 Å². The van der Waals surface area contributed by atoms with E-state index in [9.17, 15) is 4.79 Å². The van der Waals surface area contributed by atoms with E-state index in [2.05, 4.69) is 13.8 Å². The molecule has 0 saturated heterocycles. The highest BCUT2D eigenvalue weighted by Gasteiger charge is 2.11. The summed E-state index contributed by atoms with van der Waals surface area (Å²) in [5.41, 5.74) is 0. The van der Waals surface area contributed by atoms with Crippen LogP contribution in [0.5, 0.6) is 0 Å². The van der Waals surface area contributed by atoms with Crippen molar-refractivity contribution in [2.45, 2.75) is 97.0 Å². The van der Waals surface area contributed by atoms with Crippen LogP contribution in [-0.4, -0.2) is 18.0 Å². The lowest BCUT2D eigenvalue weighted by Crippen LogP contribution is -2.17. The van der Waals surface area contributed by atoms with Crippen molar-refractivity contribution in [2.24, 2.45) is 0 Å². The van der Waals surface area contributed by atoms with Crippen LogP contribution in [0, 0.1) is 0 Å². The lowest BCUT2D eigenvalue weighted by molar-refractivity contribution is -0.149. The molecule has 0 aromatic heterocycles. The first-order valence-corrected chi connectivity index (χ1v) is 9.03. The van der Waals surface area contributed by atoms with E-state index in [4.69, 9.17) is 16.3 Å². The Labute approximate surface area is 130 Å². The summed E-state index contributed by atoms with van der Waals surface area (Å²) in [6.45, 7) is 4.33. The number of hydrogen-bond donors (Lipinski definition) is 0. The first kappa shape index (κ1) is 19.8. The molecule has 0 rings (SSSR count). The SMILES string of the molecule is CCCCCCCCCCCC(CC)OC(=O)CCCl. The van der Waals surface area contributed by atoms with Gasteiger partial charge in [0.25, 0.3) is 0 Å². The van der Waals surface area contributed by atoms with Gasteiger partial charge in [0.2, 0.25) is 0 Å². The first-order chi connectivity index (χ1) is 9.74. The molecule has 2 nitrogen and oxygen atoms in total. The second kappa shape index (κ2) is 15.2. The second-order valence-electron chi connectivity index (χ2n) is 5.58. The summed E-state index contributed by atoms with van der Waals surface area (Å²) in [7, 11) is 0. The minimum atomic E-state index is -0.150. The fourth-order valence-corrected chi connectivity index (χ4v) is 2.51. The van der Waals surface area contributed by atoms with Crippen molar-refractivity contribution in [3.63, 3.8) is 0 Å². The Balaban J connectivity index is 3.40. The molecular formula is C17H33ClO2. The van der Waals surface area contributed by atoms with Gasteiger partial charge in [-0.15, -0.1) is 11.6 Å². The molecule has 1 atom stereocenters. The van der Waals surface area contributed by atoms with E-state index in [-0.39, 0.29) is 12.1 Å². The van der Waals surface area contributed by atoms with Crippen LogP contribution in [0.25, 0.3) is 0 Å². The lowest BCUT2D eigenvalue weighted by atomic mass is 10.0. The van der Waals surface area contributed by atoms with Crippen LogP contribution in [-0.2, 0) is 9.53 Å². The number of halogens is 1. The predicted molar refractivity (Wildman–Crippen MR) is 87.4 cm³/mol. The zero-order valence-electron chi connectivity index (χ0n) is 13.5. The van der Waals surface area contributed by atoms with E-state index in [1.807, 2.05) is 0 Å². The molecule has 0 heterocycles. The maximum atomic E-state index is 11.4. The maximum Gasteiger partial charge on any atom is 0.307 e. The Kier molecular flexibility index (Phi) is 15.0. The summed E-state index contributed by atoms with van der Waals surface area (Å²) in [6, 6.07) is 0. The number of carbonyl (C=O) groups excluding carboxylic acids is 1. The molecule has 0 bridgehead atoms. The number of hydrogen-bond acceptors (Lipinski definition) is 2. The van der Waals surface area contributed by atoms with Gasteiger partial charge >= 0.3 is 5.97 Å². The summed E-state index contributed by atoms with van der Waals surface area (Å²) in [5, 5.41) is 0. The lowest BCUT2D eigenvalue weighted by Gasteiger charge is -2.15. The fraction of sp³-hybridized carbons (Fsp3) is 0.941. The molecule has 1 unspecified atom stereocenters. The molecule has 0 fully saturated rings. The molecule has 0 aromatic rings. The highest BCUT2D eigenvalue weighted by atomic mass is 35.5. The normalized spacial score (nSPS) is 12.3. The van der Waals surface area contributed by atoms with Crippen molar-refractivity contribution in [1.82, 2.24) is 0 Å². The highest BCUT2D eigenvalue weighted by Crippen LogP contribution is 2.14. The van der Waals surface area contributed by atoms with Crippen molar-refractivity contribution < 1.29 is 9.53 Å². The number of rotatable bonds is 14. The van der Waals surface area contributed by atoms with Gasteiger partial charge in [0.05, 0.1) is 6.42 Å². The van der Waals surface area contributed by atoms with Crippen molar-refractivity contribution in [3.8, 4) is 0 Å². The molecule has 0 saturated carbocycles. The van der Waals surface area contributed by atoms with Gasteiger partial charge in [0, 0.05) is 5.88 Å². The third-order valence-corrected chi connectivity index (χ3v) is 3.87. The molecule has 0 aliphatic heterocycles. The second-order valence-corrected chi connectivity index (χ2v) is 5.95. The van der Waals surface area contributed by atoms with Crippen LogP contribution in [0.3, 0.4) is 0 Å². The average Bonchev–Trinajstić information content (AvgIpc) is 2.44. The largest absolute Gasteiger partial charge is 0.462 e. The molecule has 120 valence electrons. The third-order valence-electron chi connectivity index (χ3n) is 3.68. The summed E-state index contributed by atoms with van der Waals surface area (Å²) >= 11 is 5.53. The molecule has 0 aromatic carbocycles. The summed E-state index contributed by atoms with van der Waals surface area (Å²) < 4.78 is 5.39. The number of ether oxygens (including phenoxy) is 1. The van der Waals surface area contributed by atoms with Crippen molar-refractivity contribution in [3.05, 3.63) is 0 Å². The summed E-state index contributed by atoms with van der Waals surface area (Å²) in [6.07, 6.45) is 14.3. The van der Waals surface area contributed by atoms with Gasteiger partial charge in [-0.2, -0.15) is 0 Å². The Hall–Kier alpha value is -0.240. The van der Waals surface area contributed by atoms with E-state index < -0.39 is 0 Å². The fourth-order valence-electron chi connectivity index (χ4n) is 2.35. The standard InChI is InChI=1S/C17H33ClO2/c1-3-5-6-7-8-9-10-11-12-13-16(4-2)20-17(19)14-15-18/h16H,3-15H2,1-2H3. The van der Waals surface area contributed by atoms with E-state index in [1.165, 1.54) is 57.8 Å². The van der Waals surface area contributed by atoms with Crippen LogP contribution < -0.4 is 0 Å². The molecule has 0 N–H and O–H groups in total. The van der Waals surface area contributed by atoms with Crippen LogP contribution in [0.15, 0.2) is 0 Å². The summed E-state index contributed by atoms with van der Waals surface area (Å²) in [5.74, 6) is 0.204. The van der Waals surface area contributed by atoms with E-state index >= 15 is 0 Å². The molecule has 0 aliphatic carbocycles. The average molecular weight is 305 g/mol. The van der Waals surface area contributed by atoms with Crippen LogP contribution in [0.1, 0.15) is 90.9 Å². The van der Waals surface area contributed by atoms with Gasteiger partial charge in [-0.3, -0.25) is 4.79 Å². The summed E-state index contributed by atoms with van der Waals surface area (Å²) in [4.78, 5) is 11.4. The topological polar surface area (TPSA) is 26.3 Å². The van der Waals surface area contributed by atoms with Gasteiger partial charge in [-0.05, 0) is 19.3 Å². The molecule has 0 aliphatic rings. The highest BCUT2D eigenvalue weighted by molar-refractivity contribution is 6.18. The van der Waals surface area contributed by atoms with Crippen molar-refractivity contribution in [2.75, 3.05) is 5.88 Å². The van der Waals surface area contributed by atoms with Gasteiger partial charge < -0.3 is 4.74 Å². The Morgan fingerprint density at radius 3 is 2.00 bits per heavy atom. The molecule has 0 amide bonds. The van der Waals surface area contributed by atoms with Crippen molar-refractivity contribution >= 4 is 17.6 Å². The number of carbonyl (C=O) groups is 1. The quantitative estimate of drug-likeness (QED) is 0.228. The number of alkyl halides is 1. The molecule has 0 radical (unpaired) electrons. The zero-order valence-corrected chi connectivity index (χ0v) is 14.2. The minimum Gasteiger partial charge on any atom is -0.462 e. The van der Waals surface area contributed by atoms with Crippen LogP contribution in [0.4, 0.5) is 0 Å². The maximum absolute atomic E-state index is 11.4. The van der Waals surface area contributed by atoms with E-state index in [0.717, 1.165) is 12.8 Å². The Bertz CT molecular complexity index is 219. The Morgan fingerprint density at radius 2 is 1.50 bits per heavy atom. The van der Waals surface area contributed by atoms with Gasteiger partial charge in [0.15, 0.2) is 0 Å². The molecular weight excluding hydrogens is 272 g/mol. The molecule has 3 heteroatoms. The van der Waals surface area contributed by atoms with Gasteiger partial charge in [-0.25, -0.2) is 0 Å². The van der Waals surface area contributed by atoms with Crippen LogP contribution in [0.2, 0.25) is 0 Å². The predicted octanol–water partition coefficient (Wildman–Crippen LogP) is 5.86. The van der Waals surface area contributed by atoms with Crippen LogP contribution >= 0.6 is 11.6 Å². The Morgan fingerprint density at radius 1 is 0.950 bits per heavy atom. The molecule has 20 heavy (non-hydrogen) atoms. The van der Waals surface area contributed by atoms with Gasteiger partial charge in [-0.1, -0.05) is 65.2 Å². The minimum absolute atomic E-state index is 0.0928. The first-order valence-electron chi connectivity index (χ1n) is 8.50. The number of unbranched alkanes of at least 4 members (excludes halogenated alkanes) is 8. The van der Waals surface area contributed by atoms with E-state index in [1.54, 1.807) is 0 Å². The van der Waals surface area contributed by atoms with E-state index in [0.29, 0.717) is 12.3 Å². The third kappa shape index (κ3) is 12.8. The monoisotopic (exact) mass is 304 g/mol. The smallest absolute Gasteiger partial charge is 0.307 e.